The molecule has 0 atom stereocenters. The summed E-state index contributed by atoms with van der Waals surface area (Å²) in [4.78, 5) is 25.3. The van der Waals surface area contributed by atoms with Crippen LogP contribution < -0.4 is 25.6 Å². The van der Waals surface area contributed by atoms with Gasteiger partial charge in [-0.2, -0.15) is 4.98 Å². The third-order valence-electron chi connectivity index (χ3n) is 9.32. The Kier molecular flexibility index (Phi) is 10.5. The van der Waals surface area contributed by atoms with E-state index < -0.39 is 7.14 Å². The zero-order chi connectivity index (χ0) is 33.8. The summed E-state index contributed by atoms with van der Waals surface area (Å²) in [5.41, 5.74) is 5.40. The van der Waals surface area contributed by atoms with E-state index >= 15 is 0 Å². The molecular formula is C35H45ClN9O2P. The Morgan fingerprint density at radius 2 is 1.73 bits per heavy atom. The van der Waals surface area contributed by atoms with E-state index in [0.717, 1.165) is 62.7 Å². The summed E-state index contributed by atoms with van der Waals surface area (Å²) in [7, 11) is 1.19. The van der Waals surface area contributed by atoms with Gasteiger partial charge in [0, 0.05) is 80.3 Å². The molecule has 0 amide bonds. The lowest BCUT2D eigenvalue weighted by Crippen LogP contribution is -2.52. The number of benzene rings is 2. The van der Waals surface area contributed by atoms with Crippen LogP contribution in [0.4, 0.5) is 28.8 Å². The predicted octanol–water partition coefficient (Wildman–Crippen LogP) is 6.11. The van der Waals surface area contributed by atoms with Gasteiger partial charge in [0.25, 0.3) is 0 Å². The summed E-state index contributed by atoms with van der Waals surface area (Å²) in [5, 5.41) is 7.67. The molecule has 2 saturated heterocycles. The Balaban J connectivity index is 1.21. The molecule has 0 spiro atoms. The molecule has 0 aliphatic carbocycles. The standard InChI is InChI=1S/C35H45ClN9O2P/c1-6-24-19-29(32(47-3)21-31(24)45-13-9-26(10-14-45)44-17-15-43(2)16-18-44)41-35-39-22-27(36)34(42-35)40-28-8-7-25(20-33(28)48(4,5)46)30-23-37-11-12-38-30/h7-8,11-12,19-23,26H,6,9-10,13-18H2,1-5H3,(H2,39,40,41,42). The van der Waals surface area contributed by atoms with Crippen molar-refractivity contribution < 1.29 is 9.30 Å². The number of aryl methyl sites for hydroxylation is 1. The lowest BCUT2D eigenvalue weighted by Gasteiger charge is -2.43. The second kappa shape index (κ2) is 14.8. The Hall–Kier alpha value is -3.76. The summed E-state index contributed by atoms with van der Waals surface area (Å²) in [6.45, 7) is 12.3. The summed E-state index contributed by atoms with van der Waals surface area (Å²) >= 11 is 6.58. The highest BCUT2D eigenvalue weighted by Crippen LogP contribution is 2.41. The Labute approximate surface area is 288 Å². The number of hydrogen-bond acceptors (Lipinski definition) is 11. The maximum absolute atomic E-state index is 13.4. The fourth-order valence-electron chi connectivity index (χ4n) is 6.57. The van der Waals surface area contributed by atoms with E-state index in [-0.39, 0.29) is 0 Å². The van der Waals surface area contributed by atoms with E-state index in [1.165, 1.54) is 24.1 Å². The molecule has 2 aromatic carbocycles. The fraction of sp³-hybridized carbons (Fsp3) is 0.429. The fourth-order valence-corrected chi connectivity index (χ4v) is 7.87. The van der Waals surface area contributed by atoms with E-state index in [4.69, 9.17) is 21.3 Å². The van der Waals surface area contributed by atoms with E-state index in [1.807, 2.05) is 18.2 Å². The minimum Gasteiger partial charge on any atom is -0.494 e. The zero-order valence-corrected chi connectivity index (χ0v) is 30.1. The van der Waals surface area contributed by atoms with Gasteiger partial charge in [-0.3, -0.25) is 14.9 Å². The number of anilines is 5. The molecule has 11 nitrogen and oxygen atoms in total. The first kappa shape index (κ1) is 34.1. The SMILES string of the molecule is CCc1cc(Nc2ncc(Cl)c(Nc3ccc(-c4cnccn4)cc3P(C)(C)=O)n2)c(OC)cc1N1CCC(N2CCN(C)CC2)CC1. The number of aromatic nitrogens is 4. The van der Waals surface area contributed by atoms with Crippen LogP contribution in [0.3, 0.4) is 0 Å². The van der Waals surface area contributed by atoms with Gasteiger partial charge < -0.3 is 29.7 Å². The Bertz CT molecular complexity index is 1770. The first-order valence-corrected chi connectivity index (χ1v) is 19.5. The third-order valence-corrected chi connectivity index (χ3v) is 11.1. The van der Waals surface area contributed by atoms with Crippen LogP contribution in [0.2, 0.25) is 5.02 Å². The summed E-state index contributed by atoms with van der Waals surface area (Å²) in [6, 6.07) is 10.6. The molecule has 2 aliphatic heterocycles. The average Bonchev–Trinajstić information content (AvgIpc) is 3.10. The van der Waals surface area contributed by atoms with E-state index in [9.17, 15) is 4.57 Å². The molecule has 48 heavy (non-hydrogen) atoms. The molecule has 254 valence electrons. The monoisotopic (exact) mass is 689 g/mol. The first-order valence-electron chi connectivity index (χ1n) is 16.5. The number of piperidine rings is 1. The highest BCUT2D eigenvalue weighted by molar-refractivity contribution is 7.70. The summed E-state index contributed by atoms with van der Waals surface area (Å²) < 4.78 is 19.3. The number of ether oxygens (including phenoxy) is 1. The smallest absolute Gasteiger partial charge is 0.229 e. The topological polar surface area (TPSA) is 112 Å². The number of methoxy groups -OCH3 is 1. The van der Waals surface area contributed by atoms with Gasteiger partial charge in [0.2, 0.25) is 5.95 Å². The number of halogens is 1. The van der Waals surface area contributed by atoms with Gasteiger partial charge in [0.05, 0.1) is 36.6 Å². The molecule has 2 aliphatic rings. The molecule has 2 aromatic heterocycles. The molecule has 0 radical (unpaired) electrons. The molecule has 2 N–H and O–H groups in total. The van der Waals surface area contributed by atoms with Crippen molar-refractivity contribution in [2.75, 3.05) is 82.3 Å². The number of piperazine rings is 1. The lowest BCUT2D eigenvalue weighted by atomic mass is 9.99. The normalized spacial score (nSPS) is 16.6. The maximum Gasteiger partial charge on any atom is 0.229 e. The number of likely N-dealkylation sites (N-methyl/N-ethyl adjacent to an activating group) is 1. The van der Waals surface area contributed by atoms with Gasteiger partial charge in [0.1, 0.15) is 17.9 Å². The molecule has 2 fully saturated rings. The molecule has 4 aromatic rings. The molecule has 6 rings (SSSR count). The van der Waals surface area contributed by atoms with Crippen LogP contribution in [0.5, 0.6) is 5.75 Å². The minimum absolute atomic E-state index is 0.336. The van der Waals surface area contributed by atoms with E-state index in [0.29, 0.717) is 39.5 Å². The van der Waals surface area contributed by atoms with E-state index in [1.54, 1.807) is 45.2 Å². The average molecular weight is 690 g/mol. The maximum atomic E-state index is 13.4. The Morgan fingerprint density at radius 1 is 0.958 bits per heavy atom. The Morgan fingerprint density at radius 3 is 2.40 bits per heavy atom. The predicted molar refractivity (Wildman–Crippen MR) is 197 cm³/mol. The zero-order valence-electron chi connectivity index (χ0n) is 28.4. The van der Waals surface area contributed by atoms with Crippen molar-refractivity contribution in [2.45, 2.75) is 32.2 Å². The van der Waals surface area contributed by atoms with Crippen molar-refractivity contribution in [2.24, 2.45) is 0 Å². The number of hydrogen-bond donors (Lipinski definition) is 2. The highest BCUT2D eigenvalue weighted by atomic mass is 35.5. The second-order valence-electron chi connectivity index (χ2n) is 12.9. The van der Waals surface area contributed by atoms with Gasteiger partial charge in [-0.15, -0.1) is 0 Å². The molecule has 0 unspecified atom stereocenters. The van der Waals surface area contributed by atoms with Gasteiger partial charge in [-0.25, -0.2) is 4.98 Å². The highest BCUT2D eigenvalue weighted by Gasteiger charge is 2.28. The molecule has 13 heteroatoms. The van der Waals surface area contributed by atoms with Crippen molar-refractivity contribution in [3.05, 3.63) is 65.7 Å². The van der Waals surface area contributed by atoms with Crippen molar-refractivity contribution in [1.29, 1.82) is 0 Å². The second-order valence-corrected chi connectivity index (χ2v) is 16.5. The number of rotatable bonds is 10. The van der Waals surface area contributed by atoms with Crippen molar-refractivity contribution in [3.8, 4) is 17.0 Å². The van der Waals surface area contributed by atoms with E-state index in [2.05, 4.69) is 66.4 Å². The number of nitrogens with zero attached hydrogens (tertiary/aromatic N) is 7. The van der Waals surface area contributed by atoms with Crippen molar-refractivity contribution >= 4 is 52.9 Å². The van der Waals surface area contributed by atoms with Gasteiger partial charge in [-0.05, 0) is 63.4 Å². The van der Waals surface area contributed by atoms with Crippen LogP contribution in [0, 0.1) is 0 Å². The van der Waals surface area contributed by atoms with Gasteiger partial charge in [-0.1, -0.05) is 24.6 Å². The van der Waals surface area contributed by atoms with Crippen molar-refractivity contribution in [3.63, 3.8) is 0 Å². The minimum atomic E-state index is -2.71. The summed E-state index contributed by atoms with van der Waals surface area (Å²) in [6.07, 6.45) is 9.71. The van der Waals surface area contributed by atoms with Crippen LogP contribution >= 0.6 is 18.7 Å². The molecular weight excluding hydrogens is 645 g/mol. The van der Waals surface area contributed by atoms with Crippen molar-refractivity contribution in [1.82, 2.24) is 29.7 Å². The van der Waals surface area contributed by atoms with Crippen LogP contribution in [0.15, 0.2) is 55.1 Å². The van der Waals surface area contributed by atoms with Crippen LogP contribution in [-0.4, -0.2) is 103 Å². The van der Waals surface area contributed by atoms with Crippen LogP contribution in [0.1, 0.15) is 25.3 Å². The molecule has 0 bridgehead atoms. The first-order chi connectivity index (χ1) is 23.1. The van der Waals surface area contributed by atoms with Gasteiger partial charge in [0.15, 0.2) is 5.82 Å². The molecule has 4 heterocycles. The molecule has 0 saturated carbocycles. The quantitative estimate of drug-likeness (QED) is 0.188. The van der Waals surface area contributed by atoms with Crippen LogP contribution in [-0.2, 0) is 11.0 Å². The lowest BCUT2D eigenvalue weighted by molar-refractivity contribution is 0.0982. The third kappa shape index (κ3) is 7.76. The summed E-state index contributed by atoms with van der Waals surface area (Å²) in [5.74, 6) is 1.47. The van der Waals surface area contributed by atoms with Crippen LogP contribution in [0.25, 0.3) is 11.3 Å². The number of nitrogens with one attached hydrogen (secondary N) is 2. The van der Waals surface area contributed by atoms with Gasteiger partial charge >= 0.3 is 0 Å². The largest absolute Gasteiger partial charge is 0.494 e.